The van der Waals surface area contributed by atoms with Crippen molar-refractivity contribution >= 4 is 6.29 Å². The summed E-state index contributed by atoms with van der Waals surface area (Å²) in [7, 11) is 0. The molecule has 64 valence electrons. The van der Waals surface area contributed by atoms with Crippen LogP contribution < -0.4 is 0 Å². The molecule has 1 nitrogen and oxygen atoms in total. The third-order valence-corrected chi connectivity index (χ3v) is 2.87. The number of carbonyl (C=O) groups excluding carboxylic acids is 1. The van der Waals surface area contributed by atoms with Crippen LogP contribution in [0.5, 0.6) is 0 Å². The number of hydrogen-bond acceptors (Lipinski definition) is 1. The first kappa shape index (κ1) is 8.76. The summed E-state index contributed by atoms with van der Waals surface area (Å²) >= 11 is 0. The molecular weight excluding hydrogens is 136 g/mol. The second-order valence-corrected chi connectivity index (χ2v) is 5.28. The van der Waals surface area contributed by atoms with E-state index in [2.05, 4.69) is 27.7 Å². The van der Waals surface area contributed by atoms with Gasteiger partial charge in [0.05, 0.1) is 0 Å². The molecule has 1 saturated carbocycles. The zero-order chi connectivity index (χ0) is 8.70. The molecule has 0 radical (unpaired) electrons. The van der Waals surface area contributed by atoms with Gasteiger partial charge in [-0.2, -0.15) is 0 Å². The maximum Gasteiger partial charge on any atom is 0.123 e. The smallest absolute Gasteiger partial charge is 0.123 e. The molecule has 0 N–H and O–H groups in total. The van der Waals surface area contributed by atoms with E-state index in [0.29, 0.717) is 5.41 Å². The van der Waals surface area contributed by atoms with Crippen LogP contribution in [0.25, 0.3) is 0 Å². The van der Waals surface area contributed by atoms with E-state index >= 15 is 0 Å². The quantitative estimate of drug-likeness (QED) is 0.531. The monoisotopic (exact) mass is 154 g/mol. The first-order valence-electron chi connectivity index (χ1n) is 4.33. The molecule has 0 saturated heterocycles. The van der Waals surface area contributed by atoms with Gasteiger partial charge in [0, 0.05) is 5.92 Å². The Labute approximate surface area is 69.2 Å². The Morgan fingerprint density at radius 3 is 2.00 bits per heavy atom. The first-order chi connectivity index (χ1) is 4.87. The maximum atomic E-state index is 10.7. The van der Waals surface area contributed by atoms with Crippen molar-refractivity contribution in [1.82, 2.24) is 0 Å². The fourth-order valence-corrected chi connectivity index (χ4v) is 2.54. The van der Waals surface area contributed by atoms with Gasteiger partial charge in [-0.25, -0.2) is 0 Å². The van der Waals surface area contributed by atoms with E-state index in [1.165, 1.54) is 6.42 Å². The highest BCUT2D eigenvalue weighted by Crippen LogP contribution is 2.51. The number of carbonyl (C=O) groups is 1. The molecule has 0 aliphatic heterocycles. The summed E-state index contributed by atoms with van der Waals surface area (Å²) in [5, 5.41) is 0. The highest BCUT2D eigenvalue weighted by atomic mass is 16.1. The molecule has 1 atom stereocenters. The van der Waals surface area contributed by atoms with E-state index in [1.807, 2.05) is 0 Å². The fraction of sp³-hybridized carbons (Fsp3) is 0.900. The van der Waals surface area contributed by atoms with Crippen LogP contribution in [0.15, 0.2) is 0 Å². The van der Waals surface area contributed by atoms with Crippen molar-refractivity contribution in [2.45, 2.75) is 40.5 Å². The summed E-state index contributed by atoms with van der Waals surface area (Å²) in [5.74, 6) is 0.275. The molecule has 1 aliphatic carbocycles. The van der Waals surface area contributed by atoms with E-state index in [9.17, 15) is 4.79 Å². The van der Waals surface area contributed by atoms with Crippen LogP contribution in [-0.2, 0) is 4.79 Å². The molecule has 0 spiro atoms. The lowest BCUT2D eigenvalue weighted by Crippen LogP contribution is -2.18. The lowest BCUT2D eigenvalue weighted by Gasteiger charge is -2.23. The topological polar surface area (TPSA) is 17.1 Å². The largest absolute Gasteiger partial charge is 0.303 e. The van der Waals surface area contributed by atoms with Crippen molar-refractivity contribution < 1.29 is 4.79 Å². The molecule has 1 aliphatic rings. The van der Waals surface area contributed by atoms with Crippen molar-refractivity contribution in [1.29, 1.82) is 0 Å². The van der Waals surface area contributed by atoms with Crippen molar-refractivity contribution in [2.24, 2.45) is 16.7 Å². The third-order valence-electron chi connectivity index (χ3n) is 2.87. The average molecular weight is 154 g/mol. The predicted octanol–water partition coefficient (Wildman–Crippen LogP) is 2.65. The molecule has 1 heteroatoms. The number of rotatable bonds is 1. The molecule has 0 aromatic carbocycles. The molecule has 0 aromatic heterocycles. The van der Waals surface area contributed by atoms with Gasteiger partial charge in [-0.1, -0.05) is 27.7 Å². The summed E-state index contributed by atoms with van der Waals surface area (Å²) in [5.41, 5.74) is 0.598. The summed E-state index contributed by atoms with van der Waals surface area (Å²) in [6.45, 7) is 8.89. The lowest BCUT2D eigenvalue weighted by atomic mass is 9.82. The van der Waals surface area contributed by atoms with Crippen LogP contribution in [0, 0.1) is 16.7 Å². The van der Waals surface area contributed by atoms with Crippen molar-refractivity contribution in [3.05, 3.63) is 0 Å². The van der Waals surface area contributed by atoms with Gasteiger partial charge < -0.3 is 4.79 Å². The Morgan fingerprint density at radius 1 is 1.27 bits per heavy atom. The van der Waals surface area contributed by atoms with Gasteiger partial charge in [-0.3, -0.25) is 0 Å². The van der Waals surface area contributed by atoms with Gasteiger partial charge in [0.2, 0.25) is 0 Å². The minimum Gasteiger partial charge on any atom is -0.303 e. The first-order valence-corrected chi connectivity index (χ1v) is 4.33. The van der Waals surface area contributed by atoms with Crippen LogP contribution in [-0.4, -0.2) is 6.29 Å². The van der Waals surface area contributed by atoms with Crippen LogP contribution in [0.3, 0.4) is 0 Å². The Hall–Kier alpha value is -0.330. The van der Waals surface area contributed by atoms with E-state index < -0.39 is 0 Å². The van der Waals surface area contributed by atoms with Gasteiger partial charge >= 0.3 is 0 Å². The van der Waals surface area contributed by atoms with Gasteiger partial charge in [-0.05, 0) is 23.7 Å². The highest BCUT2D eigenvalue weighted by Gasteiger charge is 2.44. The molecule has 0 bridgehead atoms. The van der Waals surface area contributed by atoms with E-state index in [4.69, 9.17) is 0 Å². The molecule has 0 amide bonds. The second-order valence-electron chi connectivity index (χ2n) is 5.28. The summed E-state index contributed by atoms with van der Waals surface area (Å²) < 4.78 is 0. The van der Waals surface area contributed by atoms with Crippen LogP contribution in [0.1, 0.15) is 40.5 Å². The van der Waals surface area contributed by atoms with Crippen LogP contribution >= 0.6 is 0 Å². The zero-order valence-corrected chi connectivity index (χ0v) is 7.98. The molecular formula is C10H18O. The molecule has 0 aromatic rings. The lowest BCUT2D eigenvalue weighted by molar-refractivity contribution is -0.113. The summed E-state index contributed by atoms with van der Waals surface area (Å²) in [4.78, 5) is 10.7. The summed E-state index contributed by atoms with van der Waals surface area (Å²) in [6, 6.07) is 0. The van der Waals surface area contributed by atoms with Gasteiger partial charge in [-0.15, -0.1) is 0 Å². The Kier molecular flexibility index (Phi) is 1.85. The molecule has 11 heavy (non-hydrogen) atoms. The summed E-state index contributed by atoms with van der Waals surface area (Å²) in [6.07, 6.45) is 3.36. The second kappa shape index (κ2) is 2.33. The molecule has 1 unspecified atom stereocenters. The normalized spacial score (nSPS) is 33.6. The standard InChI is InChI=1S/C10H18O/c1-9(2)5-8(6-11)10(3,4)7-9/h6,8H,5,7H2,1-4H3. The third kappa shape index (κ3) is 1.63. The predicted molar refractivity (Wildman–Crippen MR) is 46.4 cm³/mol. The minimum absolute atomic E-state index is 0.227. The Morgan fingerprint density at radius 2 is 1.82 bits per heavy atom. The van der Waals surface area contributed by atoms with Gasteiger partial charge in [0.1, 0.15) is 6.29 Å². The average Bonchev–Trinajstić information content (AvgIpc) is 1.99. The molecule has 1 fully saturated rings. The Bertz CT molecular complexity index is 168. The number of hydrogen-bond donors (Lipinski definition) is 0. The number of aldehydes is 1. The van der Waals surface area contributed by atoms with Crippen LogP contribution in [0.4, 0.5) is 0 Å². The fourth-order valence-electron chi connectivity index (χ4n) is 2.54. The van der Waals surface area contributed by atoms with Crippen molar-refractivity contribution in [2.75, 3.05) is 0 Å². The highest BCUT2D eigenvalue weighted by molar-refractivity contribution is 5.56. The van der Waals surface area contributed by atoms with Crippen LogP contribution in [0.2, 0.25) is 0 Å². The minimum atomic E-state index is 0.227. The molecule has 0 heterocycles. The SMILES string of the molecule is CC1(C)CC(C=O)C(C)(C)C1. The van der Waals surface area contributed by atoms with Gasteiger partial charge in [0.15, 0.2) is 0 Å². The van der Waals surface area contributed by atoms with E-state index in [-0.39, 0.29) is 11.3 Å². The Balaban J connectivity index is 2.79. The molecule has 1 rings (SSSR count). The van der Waals surface area contributed by atoms with Crippen molar-refractivity contribution in [3.63, 3.8) is 0 Å². The van der Waals surface area contributed by atoms with E-state index in [1.54, 1.807) is 0 Å². The van der Waals surface area contributed by atoms with Gasteiger partial charge in [0.25, 0.3) is 0 Å². The van der Waals surface area contributed by atoms with E-state index in [0.717, 1.165) is 12.7 Å². The van der Waals surface area contributed by atoms with Crippen molar-refractivity contribution in [3.8, 4) is 0 Å². The maximum absolute atomic E-state index is 10.7. The zero-order valence-electron chi connectivity index (χ0n) is 7.98.